The van der Waals surface area contributed by atoms with Gasteiger partial charge in [-0.2, -0.15) is 0 Å². The fraction of sp³-hybridized carbons (Fsp3) is 0.444. The molecule has 0 saturated carbocycles. The van der Waals surface area contributed by atoms with Crippen molar-refractivity contribution in [1.82, 2.24) is 24.9 Å². The minimum atomic E-state index is -0.593. The summed E-state index contributed by atoms with van der Waals surface area (Å²) in [7, 11) is 2.08. The average molecular weight is 474 g/mol. The van der Waals surface area contributed by atoms with Gasteiger partial charge in [0.15, 0.2) is 0 Å². The maximum absolute atomic E-state index is 13.1. The van der Waals surface area contributed by atoms with Crippen LogP contribution in [-0.2, 0) is 16.1 Å². The molecule has 182 valence electrons. The molecule has 1 aromatic rings. The molecule has 5 aliphatic rings. The third kappa shape index (κ3) is 3.95. The van der Waals surface area contributed by atoms with Crippen LogP contribution in [0.3, 0.4) is 0 Å². The largest absolute Gasteiger partial charge is 0.355 e. The number of nitrogens with one attached hydrogen (secondary N) is 1. The second kappa shape index (κ2) is 8.68. The highest BCUT2D eigenvalue weighted by Gasteiger charge is 2.39. The number of hydrogen-bond donors (Lipinski definition) is 1. The van der Waals surface area contributed by atoms with Gasteiger partial charge in [0.1, 0.15) is 12.2 Å². The number of rotatable bonds is 4. The van der Waals surface area contributed by atoms with E-state index in [1.165, 1.54) is 30.4 Å². The van der Waals surface area contributed by atoms with Crippen molar-refractivity contribution in [3.05, 3.63) is 65.1 Å². The second-order valence-electron chi connectivity index (χ2n) is 10.2. The van der Waals surface area contributed by atoms with Crippen LogP contribution in [0.25, 0.3) is 5.57 Å². The lowest BCUT2D eigenvalue weighted by Crippen LogP contribution is -2.52. The summed E-state index contributed by atoms with van der Waals surface area (Å²) < 4.78 is 0. The molecule has 2 fully saturated rings. The van der Waals surface area contributed by atoms with E-state index in [1.807, 2.05) is 12.1 Å². The number of benzene rings is 1. The number of piperidine rings is 2. The Morgan fingerprint density at radius 1 is 1.06 bits per heavy atom. The van der Waals surface area contributed by atoms with E-state index in [-0.39, 0.29) is 30.3 Å². The lowest BCUT2D eigenvalue weighted by atomic mass is 9.94. The molecule has 0 aromatic heterocycles. The van der Waals surface area contributed by atoms with Crippen molar-refractivity contribution in [1.29, 1.82) is 0 Å². The minimum absolute atomic E-state index is 0.0847. The molecule has 1 aromatic carbocycles. The number of carbonyl (C=O) groups excluding carboxylic acids is 3. The fourth-order valence-corrected chi connectivity index (χ4v) is 6.00. The topological polar surface area (TPSA) is 76.2 Å². The van der Waals surface area contributed by atoms with Crippen molar-refractivity contribution < 1.29 is 14.4 Å². The summed E-state index contributed by atoms with van der Waals surface area (Å²) in [4.78, 5) is 45.7. The number of likely N-dealkylation sites (tertiary alicyclic amines) is 1. The Morgan fingerprint density at radius 3 is 2.69 bits per heavy atom. The van der Waals surface area contributed by atoms with Gasteiger partial charge in [-0.25, -0.2) is 0 Å². The first-order valence-electron chi connectivity index (χ1n) is 12.6. The van der Waals surface area contributed by atoms with Gasteiger partial charge < -0.3 is 14.7 Å². The lowest BCUT2D eigenvalue weighted by Gasteiger charge is -2.36. The summed E-state index contributed by atoms with van der Waals surface area (Å²) >= 11 is 0. The molecule has 2 unspecified atom stereocenters. The van der Waals surface area contributed by atoms with Gasteiger partial charge in [-0.3, -0.25) is 24.6 Å². The van der Waals surface area contributed by atoms with Gasteiger partial charge in [0.25, 0.3) is 5.91 Å². The Hall–Kier alpha value is -3.39. The Morgan fingerprint density at radius 2 is 1.89 bits per heavy atom. The first-order chi connectivity index (χ1) is 17.0. The van der Waals surface area contributed by atoms with E-state index in [2.05, 4.69) is 57.8 Å². The van der Waals surface area contributed by atoms with Gasteiger partial charge >= 0.3 is 0 Å². The zero-order valence-electron chi connectivity index (χ0n) is 20.1. The summed E-state index contributed by atoms with van der Waals surface area (Å²) in [6.45, 7) is 3.63. The summed E-state index contributed by atoms with van der Waals surface area (Å²) in [5, 5.41) is 2.38. The van der Waals surface area contributed by atoms with Gasteiger partial charge in [-0.15, -0.1) is 0 Å². The van der Waals surface area contributed by atoms with Crippen molar-refractivity contribution in [2.75, 3.05) is 26.7 Å². The average Bonchev–Trinajstić information content (AvgIpc) is 3.38. The molecule has 0 bridgehead atoms. The molecule has 1 N–H and O–H groups in total. The normalized spacial score (nSPS) is 26.5. The van der Waals surface area contributed by atoms with Gasteiger partial charge in [0.2, 0.25) is 11.8 Å². The molecule has 8 heteroatoms. The lowest BCUT2D eigenvalue weighted by molar-refractivity contribution is -0.136. The summed E-state index contributed by atoms with van der Waals surface area (Å²) in [6.07, 6.45) is 13.4. The van der Waals surface area contributed by atoms with Gasteiger partial charge in [-0.05, 0) is 67.3 Å². The van der Waals surface area contributed by atoms with Crippen LogP contribution in [-0.4, -0.2) is 76.2 Å². The van der Waals surface area contributed by atoms with E-state index in [1.54, 1.807) is 4.90 Å². The maximum Gasteiger partial charge on any atom is 0.255 e. The molecule has 0 radical (unpaired) electrons. The fourth-order valence-electron chi connectivity index (χ4n) is 6.00. The van der Waals surface area contributed by atoms with Gasteiger partial charge in [0, 0.05) is 56.3 Å². The van der Waals surface area contributed by atoms with Gasteiger partial charge in [0.05, 0.1) is 0 Å². The highest BCUT2D eigenvalue weighted by molar-refractivity contribution is 6.05. The predicted octanol–water partition coefficient (Wildman–Crippen LogP) is 2.26. The second-order valence-corrected chi connectivity index (χ2v) is 10.2. The molecule has 0 aliphatic carbocycles. The van der Waals surface area contributed by atoms with E-state index >= 15 is 0 Å². The predicted molar refractivity (Wildman–Crippen MR) is 131 cm³/mol. The zero-order valence-corrected chi connectivity index (χ0v) is 20.1. The molecule has 2 atom stereocenters. The number of hydrogen-bond acceptors (Lipinski definition) is 6. The van der Waals surface area contributed by atoms with E-state index in [4.69, 9.17) is 0 Å². The molecule has 3 amide bonds. The van der Waals surface area contributed by atoms with Crippen molar-refractivity contribution in [3.63, 3.8) is 0 Å². The number of imide groups is 1. The Bertz CT molecular complexity index is 1180. The molecule has 6 rings (SSSR count). The van der Waals surface area contributed by atoms with Crippen molar-refractivity contribution in [2.45, 2.75) is 50.9 Å². The van der Waals surface area contributed by atoms with Gasteiger partial charge in [-0.1, -0.05) is 12.5 Å². The van der Waals surface area contributed by atoms with Crippen LogP contribution in [0, 0.1) is 0 Å². The monoisotopic (exact) mass is 473 g/mol. The first kappa shape index (κ1) is 22.1. The van der Waals surface area contributed by atoms with Crippen LogP contribution >= 0.6 is 0 Å². The quantitative estimate of drug-likeness (QED) is 0.677. The highest BCUT2D eigenvalue weighted by Crippen LogP contribution is 2.37. The number of fused-ring (bicyclic) bond motifs is 2. The van der Waals surface area contributed by atoms with Crippen LogP contribution in [0.5, 0.6) is 0 Å². The summed E-state index contributed by atoms with van der Waals surface area (Å²) in [5.41, 5.74) is 5.18. The number of carbonyl (C=O) groups is 3. The standard InChI is InChI=1S/C27H31N5O3/c1-29-11-12-31-16-18(15-30-9-3-2-4-10-30)13-22(26(29)31)19-5-6-21-20(14-19)17-32(27(21)35)23-7-8-24(33)28-25(23)34/h5-6,11-14,16,23,26H,2-4,7-10,15,17H2,1H3,(H,28,33,34). The van der Waals surface area contributed by atoms with E-state index < -0.39 is 6.04 Å². The molecule has 5 heterocycles. The molecule has 35 heavy (non-hydrogen) atoms. The molecular weight excluding hydrogens is 442 g/mol. The maximum atomic E-state index is 13.1. The van der Waals surface area contributed by atoms with Crippen LogP contribution in [0.4, 0.5) is 0 Å². The number of nitrogens with zero attached hydrogens (tertiary/aromatic N) is 4. The molecule has 8 nitrogen and oxygen atoms in total. The SMILES string of the molecule is CN1C=CN2C=C(CN3CCCCC3)C=C(c3ccc4c(c3)CN(C3CCC(=O)NC3=O)C4=O)C12. The first-order valence-corrected chi connectivity index (χ1v) is 12.6. The molecule has 5 aliphatic heterocycles. The van der Waals surface area contributed by atoms with E-state index in [0.29, 0.717) is 18.5 Å². The summed E-state index contributed by atoms with van der Waals surface area (Å²) in [5.74, 6) is -0.778. The summed E-state index contributed by atoms with van der Waals surface area (Å²) in [6, 6.07) is 5.45. The zero-order chi connectivity index (χ0) is 24.1. The number of likely N-dealkylation sites (N-methyl/N-ethyl adjacent to an activating group) is 1. The molecular formula is C27H31N5O3. The third-order valence-corrected chi connectivity index (χ3v) is 7.79. The number of amides is 3. The smallest absolute Gasteiger partial charge is 0.255 e. The Labute approximate surface area is 205 Å². The van der Waals surface area contributed by atoms with Crippen molar-refractivity contribution in [3.8, 4) is 0 Å². The minimum Gasteiger partial charge on any atom is -0.355 e. The van der Waals surface area contributed by atoms with Crippen LogP contribution in [0.2, 0.25) is 0 Å². The molecule has 2 saturated heterocycles. The van der Waals surface area contributed by atoms with Crippen LogP contribution < -0.4 is 5.32 Å². The van der Waals surface area contributed by atoms with E-state index in [9.17, 15) is 14.4 Å². The Balaban J connectivity index is 1.28. The van der Waals surface area contributed by atoms with Crippen LogP contribution in [0.15, 0.2) is 48.4 Å². The van der Waals surface area contributed by atoms with Crippen molar-refractivity contribution >= 4 is 23.3 Å². The van der Waals surface area contributed by atoms with E-state index in [0.717, 1.165) is 30.8 Å². The van der Waals surface area contributed by atoms with Crippen molar-refractivity contribution in [2.24, 2.45) is 0 Å². The third-order valence-electron chi connectivity index (χ3n) is 7.79. The van der Waals surface area contributed by atoms with Crippen LogP contribution in [0.1, 0.15) is 53.6 Å². The molecule has 0 spiro atoms. The highest BCUT2D eigenvalue weighted by atomic mass is 16.2. The Kier molecular flexibility index (Phi) is 5.48.